The maximum atomic E-state index is 5.98. The molecule has 0 atom stereocenters. The van der Waals surface area contributed by atoms with Crippen molar-refractivity contribution in [2.24, 2.45) is 5.92 Å². The largest absolute Gasteiger partial charge is 0.396 e. The standard InChI is InChI=1S/C14H24N4/c1-11-4-8-18(9-5-11)10-7-17-14-13(15)12(2)3-6-16-14/h3,6,11H,4-5,7-10,15H2,1-2H3,(H,16,17). The van der Waals surface area contributed by atoms with Crippen molar-refractivity contribution in [1.29, 1.82) is 0 Å². The van der Waals surface area contributed by atoms with Crippen LogP contribution in [-0.4, -0.2) is 36.1 Å². The fraction of sp³-hybridized carbons (Fsp3) is 0.643. The number of piperidine rings is 1. The number of hydrogen-bond donors (Lipinski definition) is 2. The summed E-state index contributed by atoms with van der Waals surface area (Å²) in [6.45, 7) is 8.77. The predicted molar refractivity (Wildman–Crippen MR) is 76.7 cm³/mol. The molecule has 2 heterocycles. The molecule has 0 aromatic carbocycles. The van der Waals surface area contributed by atoms with Crippen LogP contribution in [0.15, 0.2) is 12.3 Å². The molecule has 3 N–H and O–H groups in total. The van der Waals surface area contributed by atoms with Gasteiger partial charge in [0.25, 0.3) is 0 Å². The molecule has 100 valence electrons. The van der Waals surface area contributed by atoms with Gasteiger partial charge in [0.05, 0.1) is 5.69 Å². The van der Waals surface area contributed by atoms with E-state index in [1.807, 2.05) is 13.0 Å². The number of rotatable bonds is 4. The molecule has 1 aromatic heterocycles. The van der Waals surface area contributed by atoms with E-state index in [0.29, 0.717) is 0 Å². The number of nitrogens with one attached hydrogen (secondary N) is 1. The second-order valence-corrected chi connectivity index (χ2v) is 5.34. The molecule has 0 unspecified atom stereocenters. The topological polar surface area (TPSA) is 54.2 Å². The van der Waals surface area contributed by atoms with Crippen molar-refractivity contribution >= 4 is 11.5 Å². The zero-order valence-electron chi connectivity index (χ0n) is 11.4. The second-order valence-electron chi connectivity index (χ2n) is 5.34. The molecule has 1 saturated heterocycles. The zero-order valence-corrected chi connectivity index (χ0v) is 11.4. The number of pyridine rings is 1. The Morgan fingerprint density at radius 2 is 2.17 bits per heavy atom. The van der Waals surface area contributed by atoms with Gasteiger partial charge in [-0.05, 0) is 50.4 Å². The highest BCUT2D eigenvalue weighted by molar-refractivity contribution is 5.64. The summed E-state index contributed by atoms with van der Waals surface area (Å²) in [5.41, 5.74) is 7.83. The highest BCUT2D eigenvalue weighted by Crippen LogP contribution is 2.19. The average Bonchev–Trinajstić information content (AvgIpc) is 2.37. The molecule has 4 heteroatoms. The minimum absolute atomic E-state index is 0.768. The molecule has 0 saturated carbocycles. The number of likely N-dealkylation sites (tertiary alicyclic amines) is 1. The molecule has 0 radical (unpaired) electrons. The minimum atomic E-state index is 0.768. The zero-order chi connectivity index (χ0) is 13.0. The number of aromatic nitrogens is 1. The molecule has 4 nitrogen and oxygen atoms in total. The van der Waals surface area contributed by atoms with E-state index < -0.39 is 0 Å². The van der Waals surface area contributed by atoms with Crippen LogP contribution in [0, 0.1) is 12.8 Å². The predicted octanol–water partition coefficient (Wildman–Crippen LogP) is 2.12. The third-order valence-corrected chi connectivity index (χ3v) is 3.80. The second kappa shape index (κ2) is 6.05. The van der Waals surface area contributed by atoms with Gasteiger partial charge in [-0.2, -0.15) is 0 Å². The Kier molecular flexibility index (Phi) is 4.42. The first-order valence-corrected chi connectivity index (χ1v) is 6.84. The molecule has 0 aliphatic carbocycles. The van der Waals surface area contributed by atoms with Crippen LogP contribution in [0.1, 0.15) is 25.3 Å². The van der Waals surface area contributed by atoms with E-state index >= 15 is 0 Å². The molecule has 18 heavy (non-hydrogen) atoms. The first kappa shape index (κ1) is 13.1. The Hall–Kier alpha value is -1.29. The van der Waals surface area contributed by atoms with Crippen molar-refractivity contribution in [3.63, 3.8) is 0 Å². The Morgan fingerprint density at radius 3 is 2.89 bits per heavy atom. The lowest BCUT2D eigenvalue weighted by Gasteiger charge is -2.30. The van der Waals surface area contributed by atoms with Crippen LogP contribution >= 0.6 is 0 Å². The number of nitrogens with two attached hydrogens (primary N) is 1. The van der Waals surface area contributed by atoms with E-state index in [1.165, 1.54) is 25.9 Å². The van der Waals surface area contributed by atoms with Crippen LogP contribution < -0.4 is 11.1 Å². The Balaban J connectivity index is 1.77. The van der Waals surface area contributed by atoms with E-state index in [4.69, 9.17) is 5.73 Å². The van der Waals surface area contributed by atoms with Gasteiger partial charge >= 0.3 is 0 Å². The molecule has 1 aliphatic heterocycles. The lowest BCUT2D eigenvalue weighted by Crippen LogP contribution is -2.36. The normalized spacial score (nSPS) is 17.9. The van der Waals surface area contributed by atoms with Crippen molar-refractivity contribution < 1.29 is 0 Å². The molecule has 1 fully saturated rings. The van der Waals surface area contributed by atoms with Gasteiger partial charge in [0.1, 0.15) is 5.82 Å². The van der Waals surface area contributed by atoms with Crippen LogP contribution in [0.25, 0.3) is 0 Å². The van der Waals surface area contributed by atoms with Gasteiger partial charge in [0.15, 0.2) is 0 Å². The van der Waals surface area contributed by atoms with E-state index in [0.717, 1.165) is 36.1 Å². The van der Waals surface area contributed by atoms with Crippen molar-refractivity contribution in [2.45, 2.75) is 26.7 Å². The van der Waals surface area contributed by atoms with Crippen LogP contribution in [0.5, 0.6) is 0 Å². The van der Waals surface area contributed by atoms with Crippen LogP contribution in [0.2, 0.25) is 0 Å². The van der Waals surface area contributed by atoms with E-state index in [2.05, 4.69) is 22.1 Å². The molecular weight excluding hydrogens is 224 g/mol. The fourth-order valence-corrected chi connectivity index (χ4v) is 2.33. The summed E-state index contributed by atoms with van der Waals surface area (Å²) < 4.78 is 0. The van der Waals surface area contributed by atoms with Gasteiger partial charge in [-0.15, -0.1) is 0 Å². The summed E-state index contributed by atoms with van der Waals surface area (Å²) in [6, 6.07) is 1.94. The van der Waals surface area contributed by atoms with Crippen molar-refractivity contribution in [1.82, 2.24) is 9.88 Å². The molecule has 2 rings (SSSR count). The smallest absolute Gasteiger partial charge is 0.149 e. The van der Waals surface area contributed by atoms with Gasteiger partial charge in [-0.1, -0.05) is 6.92 Å². The Labute approximate surface area is 110 Å². The highest BCUT2D eigenvalue weighted by Gasteiger charge is 2.14. The monoisotopic (exact) mass is 248 g/mol. The quantitative estimate of drug-likeness (QED) is 0.857. The summed E-state index contributed by atoms with van der Waals surface area (Å²) in [7, 11) is 0. The molecule has 1 aromatic rings. The minimum Gasteiger partial charge on any atom is -0.396 e. The fourth-order valence-electron chi connectivity index (χ4n) is 2.33. The summed E-state index contributed by atoms with van der Waals surface area (Å²) in [5, 5.41) is 3.33. The highest BCUT2D eigenvalue weighted by atomic mass is 15.1. The molecular formula is C14H24N4. The first-order chi connectivity index (χ1) is 8.66. The summed E-state index contributed by atoms with van der Waals surface area (Å²) in [6.07, 6.45) is 4.45. The van der Waals surface area contributed by atoms with E-state index in [-0.39, 0.29) is 0 Å². The summed E-state index contributed by atoms with van der Waals surface area (Å²) in [5.74, 6) is 1.71. The number of nitrogen functional groups attached to an aromatic ring is 1. The number of nitrogens with zero attached hydrogens (tertiary/aromatic N) is 2. The van der Waals surface area contributed by atoms with E-state index in [1.54, 1.807) is 6.20 Å². The van der Waals surface area contributed by atoms with Gasteiger partial charge < -0.3 is 16.0 Å². The van der Waals surface area contributed by atoms with Crippen LogP contribution in [0.3, 0.4) is 0 Å². The number of anilines is 2. The number of hydrogen-bond acceptors (Lipinski definition) is 4. The summed E-state index contributed by atoms with van der Waals surface area (Å²) in [4.78, 5) is 6.79. The average molecular weight is 248 g/mol. The van der Waals surface area contributed by atoms with Crippen LogP contribution in [-0.2, 0) is 0 Å². The van der Waals surface area contributed by atoms with Crippen molar-refractivity contribution in [2.75, 3.05) is 37.2 Å². The Bertz CT molecular complexity index is 383. The van der Waals surface area contributed by atoms with Gasteiger partial charge in [0.2, 0.25) is 0 Å². The maximum Gasteiger partial charge on any atom is 0.149 e. The van der Waals surface area contributed by atoms with Crippen LogP contribution in [0.4, 0.5) is 11.5 Å². The summed E-state index contributed by atoms with van der Waals surface area (Å²) >= 11 is 0. The number of aryl methyl sites for hydroxylation is 1. The maximum absolute atomic E-state index is 5.98. The third kappa shape index (κ3) is 3.35. The van der Waals surface area contributed by atoms with Gasteiger partial charge in [0, 0.05) is 19.3 Å². The molecule has 0 bridgehead atoms. The van der Waals surface area contributed by atoms with Gasteiger partial charge in [-0.25, -0.2) is 4.98 Å². The van der Waals surface area contributed by atoms with Crippen molar-refractivity contribution in [3.8, 4) is 0 Å². The molecule has 1 aliphatic rings. The Morgan fingerprint density at radius 1 is 1.44 bits per heavy atom. The lowest BCUT2D eigenvalue weighted by atomic mass is 9.99. The molecule has 0 spiro atoms. The SMILES string of the molecule is Cc1ccnc(NCCN2CCC(C)CC2)c1N. The first-order valence-electron chi connectivity index (χ1n) is 6.84. The third-order valence-electron chi connectivity index (χ3n) is 3.80. The van der Waals surface area contributed by atoms with Gasteiger partial charge in [-0.3, -0.25) is 0 Å². The van der Waals surface area contributed by atoms with E-state index in [9.17, 15) is 0 Å². The van der Waals surface area contributed by atoms with Crippen molar-refractivity contribution in [3.05, 3.63) is 17.8 Å². The molecule has 0 amide bonds. The lowest BCUT2D eigenvalue weighted by molar-refractivity contribution is 0.199.